The van der Waals surface area contributed by atoms with Gasteiger partial charge in [0.15, 0.2) is 0 Å². The fourth-order valence-corrected chi connectivity index (χ4v) is 5.26. The minimum atomic E-state index is -3.48. The number of benzene rings is 1. The van der Waals surface area contributed by atoms with E-state index < -0.39 is 15.1 Å². The van der Waals surface area contributed by atoms with Gasteiger partial charge in [0.1, 0.15) is 5.82 Å². The molecule has 8 heteroatoms. The predicted octanol–water partition coefficient (Wildman–Crippen LogP) is 2.27. The van der Waals surface area contributed by atoms with Gasteiger partial charge in [-0.05, 0) is 43.4 Å². The summed E-state index contributed by atoms with van der Waals surface area (Å²) in [7, 11) is -1.82. The van der Waals surface area contributed by atoms with E-state index in [1.165, 1.54) is 16.8 Å². The van der Waals surface area contributed by atoms with Crippen LogP contribution in [-0.4, -0.2) is 47.1 Å². The van der Waals surface area contributed by atoms with Crippen LogP contribution in [0.15, 0.2) is 35.7 Å². The Kier molecular flexibility index (Phi) is 5.64. The van der Waals surface area contributed by atoms with E-state index in [-0.39, 0.29) is 16.9 Å². The first-order valence-electron chi connectivity index (χ1n) is 9.03. The molecule has 1 aromatic carbocycles. The molecule has 27 heavy (non-hydrogen) atoms. The molecule has 0 radical (unpaired) electrons. The molecule has 0 spiro atoms. The molecule has 0 aliphatic carbocycles. The zero-order valence-corrected chi connectivity index (χ0v) is 16.4. The molecular formula is C19H24FN3O3S. The Hall–Kier alpha value is -2.22. The van der Waals surface area contributed by atoms with E-state index in [1.807, 2.05) is 0 Å². The third-order valence-corrected chi connectivity index (χ3v) is 7.37. The zero-order valence-electron chi connectivity index (χ0n) is 15.6. The molecule has 1 amide bonds. The molecule has 0 saturated carbocycles. The molecule has 146 valence electrons. The number of hydrogen-bond donors (Lipinski definition) is 0. The van der Waals surface area contributed by atoms with Crippen molar-refractivity contribution in [3.05, 3.63) is 47.5 Å². The number of amides is 1. The lowest BCUT2D eigenvalue weighted by Gasteiger charge is -2.31. The van der Waals surface area contributed by atoms with Crippen molar-refractivity contribution in [1.82, 2.24) is 14.5 Å². The summed E-state index contributed by atoms with van der Waals surface area (Å²) < 4.78 is 40.2. The fraction of sp³-hybridized carbons (Fsp3) is 0.474. The number of halogens is 1. The van der Waals surface area contributed by atoms with Crippen molar-refractivity contribution in [2.75, 3.05) is 13.1 Å². The molecule has 1 fully saturated rings. The number of imidazole rings is 1. The number of nitrogens with zero attached hydrogens (tertiary/aromatic N) is 3. The van der Waals surface area contributed by atoms with Crippen LogP contribution in [0.3, 0.4) is 0 Å². The van der Waals surface area contributed by atoms with Crippen LogP contribution >= 0.6 is 0 Å². The first-order valence-corrected chi connectivity index (χ1v) is 10.6. The summed E-state index contributed by atoms with van der Waals surface area (Å²) in [5.74, 6) is -0.245. The Morgan fingerprint density at radius 3 is 2.59 bits per heavy atom. The quantitative estimate of drug-likeness (QED) is 0.781. The summed E-state index contributed by atoms with van der Waals surface area (Å²) in [5.41, 5.74) is 1.50. The second-order valence-corrected chi connectivity index (χ2v) is 9.15. The first-order chi connectivity index (χ1) is 12.8. The average molecular weight is 393 g/mol. The molecule has 0 unspecified atom stereocenters. The number of piperidine rings is 1. The summed E-state index contributed by atoms with van der Waals surface area (Å²) in [6.45, 7) is 2.55. The van der Waals surface area contributed by atoms with Crippen LogP contribution in [0.1, 0.15) is 30.4 Å². The largest absolute Gasteiger partial charge is 0.343 e. The third-order valence-electron chi connectivity index (χ3n) is 5.11. The molecule has 2 aromatic rings. The van der Waals surface area contributed by atoms with Gasteiger partial charge in [-0.25, -0.2) is 17.8 Å². The van der Waals surface area contributed by atoms with E-state index in [0.717, 1.165) is 5.56 Å². The molecule has 0 bridgehead atoms. The van der Waals surface area contributed by atoms with Gasteiger partial charge >= 0.3 is 0 Å². The number of carbonyl (C=O) groups is 1. The third kappa shape index (κ3) is 4.21. The van der Waals surface area contributed by atoms with Gasteiger partial charge in [0.25, 0.3) is 0 Å². The van der Waals surface area contributed by atoms with Crippen molar-refractivity contribution in [2.24, 2.45) is 7.05 Å². The molecule has 6 nitrogen and oxygen atoms in total. The summed E-state index contributed by atoms with van der Waals surface area (Å²) in [6.07, 6.45) is 4.80. The molecule has 1 aromatic heterocycles. The Morgan fingerprint density at radius 1 is 1.30 bits per heavy atom. The SMILES string of the molecule is Cc1cc(CCC(=O)N2CCC(S(=O)(=O)c3nccn3C)CC2)ccc1F. The second-order valence-electron chi connectivity index (χ2n) is 7.03. The molecule has 0 atom stereocenters. The molecule has 1 aliphatic heterocycles. The van der Waals surface area contributed by atoms with Gasteiger partial charge in [0.05, 0.1) is 5.25 Å². The highest BCUT2D eigenvalue weighted by Crippen LogP contribution is 2.24. The van der Waals surface area contributed by atoms with Gasteiger partial charge in [-0.2, -0.15) is 0 Å². The summed E-state index contributed by atoms with van der Waals surface area (Å²) in [4.78, 5) is 18.1. The van der Waals surface area contributed by atoms with Gasteiger partial charge in [-0.1, -0.05) is 12.1 Å². The average Bonchev–Trinajstić information content (AvgIpc) is 3.09. The maximum absolute atomic E-state index is 13.3. The van der Waals surface area contributed by atoms with E-state index >= 15 is 0 Å². The Bertz CT molecular complexity index is 931. The van der Waals surface area contributed by atoms with Crippen molar-refractivity contribution in [3.8, 4) is 0 Å². The zero-order chi connectivity index (χ0) is 19.6. The standard InChI is InChI=1S/C19H24FN3O3S/c1-14-13-15(3-5-17(14)20)4-6-18(24)23-10-7-16(8-11-23)27(25,26)19-21-9-12-22(19)2/h3,5,9,12-13,16H,4,6-8,10-11H2,1-2H3. The maximum atomic E-state index is 13.3. The van der Waals surface area contributed by atoms with E-state index in [1.54, 1.807) is 37.2 Å². The van der Waals surface area contributed by atoms with Crippen LogP contribution in [0.5, 0.6) is 0 Å². The number of aromatic nitrogens is 2. The van der Waals surface area contributed by atoms with Crippen molar-refractivity contribution >= 4 is 15.7 Å². The number of likely N-dealkylation sites (tertiary alicyclic amines) is 1. The number of aryl methyl sites for hydroxylation is 3. The molecule has 3 rings (SSSR count). The van der Waals surface area contributed by atoms with E-state index in [2.05, 4.69) is 4.98 Å². The Labute approximate surface area is 158 Å². The normalized spacial score (nSPS) is 15.9. The first kappa shape index (κ1) is 19.5. The number of rotatable bonds is 5. The molecule has 2 heterocycles. The highest BCUT2D eigenvalue weighted by atomic mass is 32.2. The van der Waals surface area contributed by atoms with Gasteiger partial charge in [0, 0.05) is 39.0 Å². The smallest absolute Gasteiger partial charge is 0.227 e. The highest BCUT2D eigenvalue weighted by Gasteiger charge is 2.34. The summed E-state index contributed by atoms with van der Waals surface area (Å²) >= 11 is 0. The lowest BCUT2D eigenvalue weighted by molar-refractivity contribution is -0.132. The second kappa shape index (κ2) is 7.80. The molecule has 1 saturated heterocycles. The lowest BCUT2D eigenvalue weighted by Crippen LogP contribution is -2.43. The molecule has 0 N–H and O–H groups in total. The summed E-state index contributed by atoms with van der Waals surface area (Å²) in [6, 6.07) is 4.87. The number of hydrogen-bond acceptors (Lipinski definition) is 4. The summed E-state index contributed by atoms with van der Waals surface area (Å²) in [5, 5.41) is -0.429. The Morgan fingerprint density at radius 2 is 2.00 bits per heavy atom. The van der Waals surface area contributed by atoms with Crippen molar-refractivity contribution in [3.63, 3.8) is 0 Å². The Balaban J connectivity index is 1.55. The van der Waals surface area contributed by atoms with E-state index in [9.17, 15) is 17.6 Å². The van der Waals surface area contributed by atoms with Crippen molar-refractivity contribution in [1.29, 1.82) is 0 Å². The van der Waals surface area contributed by atoms with Crippen molar-refractivity contribution < 1.29 is 17.6 Å². The van der Waals surface area contributed by atoms with Crippen LogP contribution in [0.25, 0.3) is 0 Å². The van der Waals surface area contributed by atoms with Gasteiger partial charge in [0.2, 0.25) is 20.9 Å². The lowest BCUT2D eigenvalue weighted by atomic mass is 10.1. The fourth-order valence-electron chi connectivity index (χ4n) is 3.46. The van der Waals surface area contributed by atoms with Gasteiger partial charge in [-0.3, -0.25) is 4.79 Å². The minimum Gasteiger partial charge on any atom is -0.343 e. The van der Waals surface area contributed by atoms with E-state index in [4.69, 9.17) is 0 Å². The number of carbonyl (C=O) groups excluding carboxylic acids is 1. The molecular weight excluding hydrogens is 369 g/mol. The van der Waals surface area contributed by atoms with E-state index in [0.29, 0.717) is 44.3 Å². The minimum absolute atomic E-state index is 0.00446. The van der Waals surface area contributed by atoms with Gasteiger partial charge < -0.3 is 9.47 Å². The van der Waals surface area contributed by atoms with Gasteiger partial charge in [-0.15, -0.1) is 0 Å². The monoisotopic (exact) mass is 393 g/mol. The molecule has 1 aliphatic rings. The van der Waals surface area contributed by atoms with Crippen molar-refractivity contribution in [2.45, 2.75) is 43.0 Å². The van der Waals surface area contributed by atoms with Crippen LogP contribution in [0, 0.1) is 12.7 Å². The predicted molar refractivity (Wildman–Crippen MR) is 99.5 cm³/mol. The maximum Gasteiger partial charge on any atom is 0.227 e. The van der Waals surface area contributed by atoms with Crippen LogP contribution < -0.4 is 0 Å². The van der Waals surface area contributed by atoms with Crippen LogP contribution in [-0.2, 0) is 28.1 Å². The highest BCUT2D eigenvalue weighted by molar-refractivity contribution is 7.91. The topological polar surface area (TPSA) is 72.3 Å². The number of sulfone groups is 1. The van der Waals surface area contributed by atoms with Crippen LogP contribution in [0.2, 0.25) is 0 Å². The van der Waals surface area contributed by atoms with Crippen LogP contribution in [0.4, 0.5) is 4.39 Å².